The molecule has 1 saturated heterocycles. The number of amides is 1. The van der Waals surface area contributed by atoms with Crippen LogP contribution in [-0.4, -0.2) is 68.0 Å². The molecular weight excluding hydrogens is 362 g/mol. The minimum absolute atomic E-state index is 0.0673. The van der Waals surface area contributed by atoms with E-state index >= 15 is 0 Å². The molecule has 1 saturated carbocycles. The van der Waals surface area contributed by atoms with Crippen molar-refractivity contribution in [1.29, 1.82) is 0 Å². The van der Waals surface area contributed by atoms with Crippen molar-refractivity contribution in [2.45, 2.75) is 49.8 Å². The van der Waals surface area contributed by atoms with Crippen LogP contribution in [0.2, 0.25) is 0 Å². The molecule has 2 heterocycles. The largest absolute Gasteiger partial charge is 0.311 e. The molecule has 1 aromatic carbocycles. The van der Waals surface area contributed by atoms with E-state index in [0.29, 0.717) is 6.54 Å². The maximum absolute atomic E-state index is 12.9. The third-order valence-corrected chi connectivity index (χ3v) is 8.60. The van der Waals surface area contributed by atoms with Crippen LogP contribution in [0.1, 0.15) is 37.7 Å². The summed E-state index contributed by atoms with van der Waals surface area (Å²) in [7, 11) is -1.39. The molecule has 148 valence electrons. The lowest BCUT2D eigenvalue weighted by molar-refractivity contribution is -0.120. The molecule has 0 atom stereocenters. The van der Waals surface area contributed by atoms with Crippen LogP contribution in [0, 0.1) is 0 Å². The fraction of sp³-hybridized carbons (Fsp3) is 0.650. The Bertz CT molecular complexity index is 798. The van der Waals surface area contributed by atoms with Crippen LogP contribution in [0.4, 0.5) is 5.69 Å². The van der Waals surface area contributed by atoms with E-state index in [9.17, 15) is 13.2 Å². The fourth-order valence-electron chi connectivity index (χ4n) is 4.32. The number of carbonyl (C=O) groups excluding carboxylic acids is 1. The lowest BCUT2D eigenvalue weighted by Gasteiger charge is -2.37. The van der Waals surface area contributed by atoms with E-state index in [1.807, 2.05) is 23.1 Å². The first-order chi connectivity index (χ1) is 13.0. The van der Waals surface area contributed by atoms with Crippen LogP contribution >= 0.6 is 0 Å². The van der Waals surface area contributed by atoms with Crippen molar-refractivity contribution in [1.82, 2.24) is 9.21 Å². The van der Waals surface area contributed by atoms with Gasteiger partial charge in [-0.25, -0.2) is 12.7 Å². The lowest BCUT2D eigenvalue weighted by atomic mass is 10.0. The van der Waals surface area contributed by atoms with Crippen LogP contribution in [0.15, 0.2) is 24.3 Å². The minimum atomic E-state index is -3.12. The first-order valence-corrected chi connectivity index (χ1v) is 11.5. The molecule has 27 heavy (non-hydrogen) atoms. The molecule has 1 aliphatic carbocycles. The highest BCUT2D eigenvalue weighted by Gasteiger charge is 2.41. The number of anilines is 1. The second-order valence-corrected chi connectivity index (χ2v) is 10.3. The maximum atomic E-state index is 12.9. The van der Waals surface area contributed by atoms with Crippen molar-refractivity contribution in [2.24, 2.45) is 0 Å². The minimum Gasteiger partial charge on any atom is -0.311 e. The predicted octanol–water partition coefficient (Wildman–Crippen LogP) is 1.85. The highest BCUT2D eigenvalue weighted by molar-refractivity contribution is 7.90. The summed E-state index contributed by atoms with van der Waals surface area (Å²) in [6, 6.07) is 8.24. The van der Waals surface area contributed by atoms with Crippen molar-refractivity contribution in [2.75, 3.05) is 38.1 Å². The van der Waals surface area contributed by atoms with Crippen LogP contribution in [0.3, 0.4) is 0 Å². The van der Waals surface area contributed by atoms with Gasteiger partial charge in [-0.3, -0.25) is 9.69 Å². The molecule has 4 rings (SSSR count). The summed E-state index contributed by atoms with van der Waals surface area (Å²) >= 11 is 0. The van der Waals surface area contributed by atoms with E-state index in [-0.39, 0.29) is 17.2 Å². The standard InChI is InChI=1S/C20H29N3O3S/c1-21(27(25,26)18-8-9-18)17-10-13-22(14-11-17)15-20(24)23-12-4-6-16-5-2-3-7-19(16)23/h2-3,5,7,17-18H,4,6,8-15H2,1H3. The number of aryl methyl sites for hydroxylation is 1. The van der Waals surface area contributed by atoms with E-state index in [4.69, 9.17) is 0 Å². The molecule has 0 radical (unpaired) electrons. The molecule has 6 nitrogen and oxygen atoms in total. The molecule has 0 spiro atoms. The molecular formula is C20H29N3O3S. The molecule has 1 aromatic rings. The van der Waals surface area contributed by atoms with Gasteiger partial charge in [-0.2, -0.15) is 0 Å². The summed E-state index contributed by atoms with van der Waals surface area (Å²) in [6.45, 7) is 2.75. The Balaban J connectivity index is 1.33. The van der Waals surface area contributed by atoms with Crippen molar-refractivity contribution in [3.8, 4) is 0 Å². The molecule has 2 aliphatic heterocycles. The summed E-state index contributed by atoms with van der Waals surface area (Å²) in [4.78, 5) is 17.0. The number of piperidine rings is 1. The Morgan fingerprint density at radius 2 is 1.81 bits per heavy atom. The average molecular weight is 392 g/mol. The normalized spacial score (nSPS) is 22.1. The highest BCUT2D eigenvalue weighted by atomic mass is 32.2. The monoisotopic (exact) mass is 391 g/mol. The van der Waals surface area contributed by atoms with Crippen LogP contribution < -0.4 is 4.90 Å². The van der Waals surface area contributed by atoms with Crippen molar-refractivity contribution in [3.63, 3.8) is 0 Å². The Morgan fingerprint density at radius 1 is 1.11 bits per heavy atom. The summed E-state index contributed by atoms with van der Waals surface area (Å²) < 4.78 is 26.5. The van der Waals surface area contributed by atoms with Crippen LogP contribution in [0.5, 0.6) is 0 Å². The van der Waals surface area contributed by atoms with Gasteiger partial charge in [0, 0.05) is 38.4 Å². The molecule has 2 fully saturated rings. The number of fused-ring (bicyclic) bond motifs is 1. The van der Waals surface area contributed by atoms with Gasteiger partial charge in [0.15, 0.2) is 0 Å². The number of carbonyl (C=O) groups is 1. The lowest BCUT2D eigenvalue weighted by Crippen LogP contribution is -2.49. The number of benzene rings is 1. The van der Waals surface area contributed by atoms with Gasteiger partial charge in [0.25, 0.3) is 0 Å². The van der Waals surface area contributed by atoms with E-state index < -0.39 is 10.0 Å². The third-order valence-electron chi connectivity index (χ3n) is 6.19. The van der Waals surface area contributed by atoms with Crippen molar-refractivity contribution in [3.05, 3.63) is 29.8 Å². The van der Waals surface area contributed by atoms with Crippen LogP contribution in [0.25, 0.3) is 0 Å². The topological polar surface area (TPSA) is 60.9 Å². The summed E-state index contributed by atoms with van der Waals surface area (Å²) in [5.41, 5.74) is 2.31. The number of sulfonamides is 1. The third kappa shape index (κ3) is 3.91. The zero-order valence-electron chi connectivity index (χ0n) is 16.0. The second-order valence-electron chi connectivity index (χ2n) is 8.05. The van der Waals surface area contributed by atoms with Gasteiger partial charge < -0.3 is 4.90 Å². The Hall–Kier alpha value is -1.44. The van der Waals surface area contributed by atoms with Gasteiger partial charge in [-0.15, -0.1) is 0 Å². The Labute approximate surface area is 162 Å². The zero-order valence-corrected chi connectivity index (χ0v) is 16.8. The van der Waals surface area contributed by atoms with E-state index in [1.165, 1.54) is 5.56 Å². The molecule has 0 unspecified atom stereocenters. The molecule has 0 bridgehead atoms. The maximum Gasteiger partial charge on any atom is 0.241 e. The number of para-hydroxylation sites is 1. The smallest absolute Gasteiger partial charge is 0.241 e. The summed E-state index contributed by atoms with van der Waals surface area (Å²) in [6.07, 6.45) is 5.25. The SMILES string of the molecule is CN(C1CCN(CC(=O)N2CCCc3ccccc32)CC1)S(=O)(=O)C1CC1. The van der Waals surface area contributed by atoms with E-state index in [2.05, 4.69) is 11.0 Å². The highest BCUT2D eigenvalue weighted by Crippen LogP contribution is 2.33. The molecule has 3 aliphatic rings. The number of hydrogen-bond acceptors (Lipinski definition) is 4. The Kier molecular flexibility index (Phi) is 5.27. The van der Waals surface area contributed by atoms with Gasteiger partial charge in [0.2, 0.25) is 15.9 Å². The molecule has 7 heteroatoms. The average Bonchev–Trinajstić information content (AvgIpc) is 3.53. The number of hydrogen-bond donors (Lipinski definition) is 0. The summed E-state index contributed by atoms with van der Waals surface area (Å²) in [5.74, 6) is 0.152. The zero-order chi connectivity index (χ0) is 19.0. The van der Waals surface area contributed by atoms with E-state index in [1.54, 1.807) is 11.4 Å². The van der Waals surface area contributed by atoms with Gasteiger partial charge in [-0.1, -0.05) is 18.2 Å². The number of nitrogens with zero attached hydrogens (tertiary/aromatic N) is 3. The second kappa shape index (κ2) is 7.53. The fourth-order valence-corrected chi connectivity index (χ4v) is 6.15. The first-order valence-electron chi connectivity index (χ1n) is 10.0. The Morgan fingerprint density at radius 3 is 2.52 bits per heavy atom. The van der Waals surface area contributed by atoms with Crippen molar-refractivity contribution >= 4 is 21.6 Å². The number of rotatable bonds is 5. The van der Waals surface area contributed by atoms with Gasteiger partial charge in [0.1, 0.15) is 0 Å². The van der Waals surface area contributed by atoms with Gasteiger partial charge in [0.05, 0.1) is 11.8 Å². The van der Waals surface area contributed by atoms with Crippen LogP contribution in [-0.2, 0) is 21.2 Å². The molecule has 0 N–H and O–H groups in total. The van der Waals surface area contributed by atoms with E-state index in [0.717, 1.165) is 63.8 Å². The molecule has 1 amide bonds. The quantitative estimate of drug-likeness (QED) is 0.769. The summed E-state index contributed by atoms with van der Waals surface area (Å²) in [5, 5.41) is -0.152. The number of likely N-dealkylation sites (tertiary alicyclic amines) is 1. The van der Waals surface area contributed by atoms with Crippen molar-refractivity contribution < 1.29 is 13.2 Å². The van der Waals surface area contributed by atoms with Gasteiger partial charge in [-0.05, 0) is 50.2 Å². The van der Waals surface area contributed by atoms with Gasteiger partial charge >= 0.3 is 0 Å². The first kappa shape index (κ1) is 18.9. The predicted molar refractivity (Wildman–Crippen MR) is 106 cm³/mol. The molecule has 0 aromatic heterocycles.